The van der Waals surface area contributed by atoms with Crippen LogP contribution >= 0.6 is 0 Å². The van der Waals surface area contributed by atoms with Crippen molar-refractivity contribution >= 4 is 23.4 Å². The molecule has 0 radical (unpaired) electrons. The van der Waals surface area contributed by atoms with Gasteiger partial charge in [-0.05, 0) is 49.6 Å². The van der Waals surface area contributed by atoms with E-state index in [0.29, 0.717) is 44.1 Å². The maximum absolute atomic E-state index is 14.9. The predicted molar refractivity (Wildman–Crippen MR) is 170 cm³/mol. The van der Waals surface area contributed by atoms with Gasteiger partial charge in [0.15, 0.2) is 0 Å². The van der Waals surface area contributed by atoms with E-state index in [1.54, 1.807) is 9.80 Å². The van der Waals surface area contributed by atoms with Crippen molar-refractivity contribution in [3.05, 3.63) is 84.5 Å². The first-order chi connectivity index (χ1) is 21.9. The van der Waals surface area contributed by atoms with Gasteiger partial charge in [0.25, 0.3) is 0 Å². The molecule has 2 aromatic rings. The fraction of sp³-hybridized carbons (Fsp3) is 0.472. The molecule has 9 heteroatoms. The Labute approximate surface area is 265 Å². The van der Waals surface area contributed by atoms with E-state index in [4.69, 9.17) is 9.47 Å². The second-order valence-corrected chi connectivity index (χ2v) is 12.3. The molecule has 0 aliphatic carbocycles. The second-order valence-electron chi connectivity index (χ2n) is 12.3. The number of hydrogen-bond acceptors (Lipinski definition) is 6. The quantitative estimate of drug-likeness (QED) is 0.402. The van der Waals surface area contributed by atoms with E-state index < -0.39 is 35.1 Å². The standard InChI is InChI=1S/C36H43N3O6/c1-4-7-21-37-22-12-20-36-30(33(42)39(31(36)34(37)43)28(24-40)25-13-9-8-10-14-25)29-32(41)38(23-11-19-35(29,5-2)45-36)26-15-17-27(18-16-26)44-6-3/h8-20,28-31,40H,4-7,21-24H2,1-3H3/t28-,29-,30+,31?,35+,36+/m1/s1. The van der Waals surface area contributed by atoms with Crippen LogP contribution in [0.1, 0.15) is 51.6 Å². The van der Waals surface area contributed by atoms with Crippen LogP contribution in [0.2, 0.25) is 0 Å². The van der Waals surface area contributed by atoms with E-state index in [0.717, 1.165) is 18.4 Å². The lowest BCUT2D eigenvalue weighted by Crippen LogP contribution is -2.57. The molecule has 1 spiro atoms. The molecule has 2 aromatic carbocycles. The van der Waals surface area contributed by atoms with E-state index in [2.05, 4.69) is 6.92 Å². The third kappa shape index (κ3) is 4.97. The molecule has 3 amide bonds. The molecule has 45 heavy (non-hydrogen) atoms. The second kappa shape index (κ2) is 12.4. The third-order valence-corrected chi connectivity index (χ3v) is 9.90. The Hall–Kier alpha value is -3.95. The van der Waals surface area contributed by atoms with Crippen LogP contribution in [0.4, 0.5) is 5.69 Å². The van der Waals surface area contributed by atoms with Crippen LogP contribution in [-0.4, -0.2) is 82.7 Å². The van der Waals surface area contributed by atoms with Gasteiger partial charge < -0.3 is 29.3 Å². The van der Waals surface area contributed by atoms with Crippen LogP contribution in [0.3, 0.4) is 0 Å². The lowest BCUT2D eigenvalue weighted by atomic mass is 9.73. The summed E-state index contributed by atoms with van der Waals surface area (Å²) in [6.45, 7) is 7.35. The number of amides is 3. The molecule has 0 bridgehead atoms. The highest BCUT2D eigenvalue weighted by molar-refractivity contribution is 6.04. The minimum absolute atomic E-state index is 0.221. The maximum atomic E-state index is 14.9. The van der Waals surface area contributed by atoms with Crippen LogP contribution in [0.25, 0.3) is 0 Å². The highest BCUT2D eigenvalue weighted by atomic mass is 16.5. The molecule has 1 N–H and O–H groups in total. The summed E-state index contributed by atoms with van der Waals surface area (Å²) in [5.74, 6) is -1.94. The Morgan fingerprint density at radius 3 is 2.31 bits per heavy atom. The molecule has 238 valence electrons. The van der Waals surface area contributed by atoms with Crippen molar-refractivity contribution in [3.63, 3.8) is 0 Å². The molecule has 0 saturated carbocycles. The SMILES string of the molecule is CCCCN1CC=C[C@]23O[C@@]4(CC)C=CCN(c5ccc(OCC)cc5)C(=O)[C@H]4[C@H]2C(=O)N([C@H](CO)c2ccccc2)C3C1=O. The Bertz CT molecular complexity index is 1480. The molecule has 6 rings (SSSR count). The van der Waals surface area contributed by atoms with E-state index in [1.165, 1.54) is 4.90 Å². The maximum Gasteiger partial charge on any atom is 0.249 e. The van der Waals surface area contributed by atoms with E-state index in [-0.39, 0.29) is 24.3 Å². The molecule has 6 atom stereocenters. The number of ether oxygens (including phenoxy) is 2. The first kappa shape index (κ1) is 31.0. The highest BCUT2D eigenvalue weighted by Gasteiger charge is 2.76. The molecule has 9 nitrogen and oxygen atoms in total. The summed E-state index contributed by atoms with van der Waals surface area (Å²) in [5.41, 5.74) is -1.07. The van der Waals surface area contributed by atoms with Crippen LogP contribution in [0.15, 0.2) is 78.9 Å². The summed E-state index contributed by atoms with van der Waals surface area (Å²) in [6, 6.07) is 14.8. The summed E-state index contributed by atoms with van der Waals surface area (Å²) < 4.78 is 12.7. The van der Waals surface area contributed by atoms with Gasteiger partial charge in [0, 0.05) is 25.3 Å². The number of aliphatic hydroxyl groups is 1. The van der Waals surface area contributed by atoms with Crippen molar-refractivity contribution in [2.24, 2.45) is 11.8 Å². The topological polar surface area (TPSA) is 99.6 Å². The minimum Gasteiger partial charge on any atom is -0.494 e. The smallest absolute Gasteiger partial charge is 0.249 e. The Balaban J connectivity index is 1.49. The summed E-state index contributed by atoms with van der Waals surface area (Å²) in [6.07, 6.45) is 9.83. The van der Waals surface area contributed by atoms with Crippen molar-refractivity contribution < 1.29 is 29.0 Å². The number of fused-ring (bicyclic) bond motifs is 2. The Morgan fingerprint density at radius 1 is 0.911 bits per heavy atom. The minimum atomic E-state index is -1.39. The van der Waals surface area contributed by atoms with E-state index >= 15 is 0 Å². The predicted octanol–water partition coefficient (Wildman–Crippen LogP) is 4.28. The number of carbonyl (C=O) groups excluding carboxylic acids is 3. The monoisotopic (exact) mass is 613 g/mol. The van der Waals surface area contributed by atoms with Crippen LogP contribution in [0.5, 0.6) is 5.75 Å². The van der Waals surface area contributed by atoms with Crippen LogP contribution in [-0.2, 0) is 19.1 Å². The van der Waals surface area contributed by atoms with Crippen molar-refractivity contribution in [2.75, 3.05) is 37.7 Å². The van der Waals surface area contributed by atoms with Crippen molar-refractivity contribution in [2.45, 2.75) is 63.3 Å². The van der Waals surface area contributed by atoms with Gasteiger partial charge in [-0.1, -0.05) is 74.9 Å². The molecule has 0 aromatic heterocycles. The molecular formula is C36H43N3O6. The first-order valence-corrected chi connectivity index (χ1v) is 16.2. The number of aliphatic hydroxyl groups excluding tert-OH is 1. The van der Waals surface area contributed by atoms with Gasteiger partial charge in [0.1, 0.15) is 17.4 Å². The zero-order valence-corrected chi connectivity index (χ0v) is 26.3. The average Bonchev–Trinajstić information content (AvgIpc) is 3.35. The number of hydrogen-bond donors (Lipinski definition) is 1. The number of benzene rings is 2. The number of likely N-dealkylation sites (tertiary alicyclic amines) is 1. The van der Waals surface area contributed by atoms with Crippen molar-refractivity contribution in [3.8, 4) is 5.75 Å². The normalized spacial score (nSPS) is 29.7. The van der Waals surface area contributed by atoms with Crippen molar-refractivity contribution in [1.82, 2.24) is 9.80 Å². The zero-order valence-electron chi connectivity index (χ0n) is 26.3. The number of nitrogens with zero attached hydrogens (tertiary/aromatic N) is 3. The van der Waals surface area contributed by atoms with Crippen LogP contribution < -0.4 is 9.64 Å². The molecular weight excluding hydrogens is 570 g/mol. The summed E-state index contributed by atoms with van der Waals surface area (Å²) in [7, 11) is 0. The molecule has 2 fully saturated rings. The van der Waals surface area contributed by atoms with E-state index in [1.807, 2.05) is 92.7 Å². The van der Waals surface area contributed by atoms with Gasteiger partial charge in [0.2, 0.25) is 17.7 Å². The summed E-state index contributed by atoms with van der Waals surface area (Å²) in [4.78, 5) is 49.3. The average molecular weight is 614 g/mol. The number of carbonyl (C=O) groups is 3. The molecule has 2 saturated heterocycles. The number of anilines is 1. The first-order valence-electron chi connectivity index (χ1n) is 16.2. The zero-order chi connectivity index (χ0) is 31.8. The fourth-order valence-electron chi connectivity index (χ4n) is 7.78. The summed E-state index contributed by atoms with van der Waals surface area (Å²) >= 11 is 0. The van der Waals surface area contributed by atoms with Gasteiger partial charge in [-0.25, -0.2) is 0 Å². The Kier molecular flexibility index (Phi) is 8.59. The fourth-order valence-corrected chi connectivity index (χ4v) is 7.78. The van der Waals surface area contributed by atoms with Crippen LogP contribution in [0, 0.1) is 11.8 Å². The largest absolute Gasteiger partial charge is 0.494 e. The van der Waals surface area contributed by atoms with Gasteiger partial charge in [0.05, 0.1) is 36.7 Å². The lowest BCUT2D eigenvalue weighted by molar-refractivity contribution is -0.155. The number of rotatable bonds is 10. The Morgan fingerprint density at radius 2 is 1.64 bits per heavy atom. The molecule has 4 heterocycles. The van der Waals surface area contributed by atoms with Gasteiger partial charge in [-0.2, -0.15) is 0 Å². The molecule has 4 aliphatic rings. The van der Waals surface area contributed by atoms with E-state index in [9.17, 15) is 19.5 Å². The summed E-state index contributed by atoms with van der Waals surface area (Å²) in [5, 5.41) is 10.8. The van der Waals surface area contributed by atoms with Gasteiger partial charge >= 0.3 is 0 Å². The van der Waals surface area contributed by atoms with Gasteiger partial charge in [-0.3, -0.25) is 14.4 Å². The third-order valence-electron chi connectivity index (χ3n) is 9.90. The highest BCUT2D eigenvalue weighted by Crippen LogP contribution is 2.60. The molecule has 4 aliphatic heterocycles. The molecule has 1 unspecified atom stereocenters. The van der Waals surface area contributed by atoms with Gasteiger partial charge in [-0.15, -0.1) is 0 Å². The number of unbranched alkanes of at least 4 members (excludes halogenated alkanes) is 1. The lowest BCUT2D eigenvalue weighted by Gasteiger charge is -2.41. The van der Waals surface area contributed by atoms with Crippen molar-refractivity contribution in [1.29, 1.82) is 0 Å².